The van der Waals surface area contributed by atoms with Gasteiger partial charge in [0.05, 0.1) is 5.60 Å². The lowest BCUT2D eigenvalue weighted by molar-refractivity contribution is 0.0453. The first-order chi connectivity index (χ1) is 7.10. The minimum Gasteiger partial charge on any atom is -0.385 e. The van der Waals surface area contributed by atoms with Gasteiger partial charge in [-0.3, -0.25) is 0 Å². The molecule has 84 valence electrons. The van der Waals surface area contributed by atoms with Gasteiger partial charge in [-0.15, -0.1) is 0 Å². The third-order valence-electron chi connectivity index (χ3n) is 3.00. The SMILES string of the molecule is CCCCC(C)(O)c1ccc(CC)cc1. The molecule has 1 nitrogen and oxygen atoms in total. The van der Waals surface area contributed by atoms with Crippen molar-refractivity contribution in [3.05, 3.63) is 35.4 Å². The predicted molar refractivity (Wildman–Crippen MR) is 64.9 cm³/mol. The summed E-state index contributed by atoms with van der Waals surface area (Å²) in [7, 11) is 0. The molecule has 0 spiro atoms. The summed E-state index contributed by atoms with van der Waals surface area (Å²) in [6.45, 7) is 6.20. The highest BCUT2D eigenvalue weighted by Crippen LogP contribution is 2.26. The molecule has 0 amide bonds. The molecule has 0 fully saturated rings. The molecule has 15 heavy (non-hydrogen) atoms. The molecule has 0 saturated heterocycles. The lowest BCUT2D eigenvalue weighted by Crippen LogP contribution is -2.20. The standard InChI is InChI=1S/C14H22O/c1-4-6-11-14(3,15)13-9-7-12(5-2)8-10-13/h7-10,15H,4-6,11H2,1-3H3. The maximum absolute atomic E-state index is 10.3. The number of hydrogen-bond donors (Lipinski definition) is 1. The molecular weight excluding hydrogens is 184 g/mol. The Kier molecular flexibility index (Phi) is 4.34. The maximum atomic E-state index is 10.3. The highest BCUT2D eigenvalue weighted by molar-refractivity contribution is 5.26. The van der Waals surface area contributed by atoms with Gasteiger partial charge in [0.15, 0.2) is 0 Å². The quantitative estimate of drug-likeness (QED) is 0.779. The summed E-state index contributed by atoms with van der Waals surface area (Å²) >= 11 is 0. The lowest BCUT2D eigenvalue weighted by atomic mass is 9.90. The zero-order valence-corrected chi connectivity index (χ0v) is 10.1. The normalized spacial score (nSPS) is 14.9. The average Bonchev–Trinajstić information content (AvgIpc) is 2.26. The Morgan fingerprint density at radius 2 is 1.73 bits per heavy atom. The molecule has 0 aromatic heterocycles. The maximum Gasteiger partial charge on any atom is 0.0868 e. The van der Waals surface area contributed by atoms with Crippen LogP contribution >= 0.6 is 0 Å². The molecule has 0 heterocycles. The highest BCUT2D eigenvalue weighted by Gasteiger charge is 2.21. The van der Waals surface area contributed by atoms with Gasteiger partial charge in [0, 0.05) is 0 Å². The van der Waals surface area contributed by atoms with Crippen molar-refractivity contribution in [1.29, 1.82) is 0 Å². The Balaban J connectivity index is 2.75. The van der Waals surface area contributed by atoms with Crippen molar-refractivity contribution < 1.29 is 5.11 Å². The van der Waals surface area contributed by atoms with Gasteiger partial charge in [-0.2, -0.15) is 0 Å². The summed E-state index contributed by atoms with van der Waals surface area (Å²) in [5.41, 5.74) is 1.70. The lowest BCUT2D eigenvalue weighted by Gasteiger charge is -2.23. The molecular formula is C14H22O. The summed E-state index contributed by atoms with van der Waals surface area (Å²) in [6, 6.07) is 8.31. The molecule has 1 unspecified atom stereocenters. The molecule has 1 heteroatoms. The van der Waals surface area contributed by atoms with Crippen LogP contribution in [0, 0.1) is 0 Å². The van der Waals surface area contributed by atoms with Crippen LogP contribution in [0.25, 0.3) is 0 Å². The van der Waals surface area contributed by atoms with E-state index in [1.54, 1.807) is 0 Å². The molecule has 0 bridgehead atoms. The zero-order valence-electron chi connectivity index (χ0n) is 10.1. The monoisotopic (exact) mass is 206 g/mol. The van der Waals surface area contributed by atoms with Crippen molar-refractivity contribution in [3.8, 4) is 0 Å². The third kappa shape index (κ3) is 3.35. The summed E-state index contributed by atoms with van der Waals surface area (Å²) in [5.74, 6) is 0. The molecule has 0 saturated carbocycles. The van der Waals surface area contributed by atoms with E-state index in [4.69, 9.17) is 0 Å². The second-order valence-electron chi connectivity index (χ2n) is 4.43. The van der Waals surface area contributed by atoms with Crippen molar-refractivity contribution in [2.45, 2.75) is 52.1 Å². The van der Waals surface area contributed by atoms with E-state index >= 15 is 0 Å². The van der Waals surface area contributed by atoms with Crippen LogP contribution in [0.4, 0.5) is 0 Å². The number of aliphatic hydroxyl groups is 1. The Morgan fingerprint density at radius 3 is 2.20 bits per heavy atom. The van der Waals surface area contributed by atoms with Crippen molar-refractivity contribution in [3.63, 3.8) is 0 Å². The molecule has 0 aliphatic carbocycles. The molecule has 0 aliphatic rings. The van der Waals surface area contributed by atoms with Crippen LogP contribution in [0.5, 0.6) is 0 Å². The van der Waals surface area contributed by atoms with E-state index in [9.17, 15) is 5.11 Å². The van der Waals surface area contributed by atoms with Crippen molar-refractivity contribution in [2.24, 2.45) is 0 Å². The molecule has 0 aliphatic heterocycles. The van der Waals surface area contributed by atoms with Gasteiger partial charge in [-0.1, -0.05) is 51.0 Å². The number of hydrogen-bond acceptors (Lipinski definition) is 1. The molecule has 0 radical (unpaired) electrons. The number of rotatable bonds is 5. The average molecular weight is 206 g/mol. The van der Waals surface area contributed by atoms with Crippen LogP contribution < -0.4 is 0 Å². The minimum atomic E-state index is -0.664. The van der Waals surface area contributed by atoms with E-state index in [1.807, 2.05) is 6.92 Å². The van der Waals surface area contributed by atoms with Crippen LogP contribution in [-0.2, 0) is 12.0 Å². The summed E-state index contributed by atoms with van der Waals surface area (Å²) < 4.78 is 0. The van der Waals surface area contributed by atoms with E-state index in [2.05, 4.69) is 38.1 Å². The first-order valence-electron chi connectivity index (χ1n) is 5.92. The van der Waals surface area contributed by atoms with Crippen LogP contribution in [0.15, 0.2) is 24.3 Å². The Bertz CT molecular complexity index is 285. The van der Waals surface area contributed by atoms with Gasteiger partial charge >= 0.3 is 0 Å². The Labute approximate surface area is 93.1 Å². The van der Waals surface area contributed by atoms with E-state index in [-0.39, 0.29) is 0 Å². The second kappa shape index (κ2) is 5.32. The zero-order chi connectivity index (χ0) is 11.3. The van der Waals surface area contributed by atoms with Gasteiger partial charge in [-0.05, 0) is 30.9 Å². The van der Waals surface area contributed by atoms with Crippen molar-refractivity contribution in [1.82, 2.24) is 0 Å². The van der Waals surface area contributed by atoms with Gasteiger partial charge in [0.2, 0.25) is 0 Å². The minimum absolute atomic E-state index is 0.664. The first kappa shape index (κ1) is 12.3. The fraction of sp³-hybridized carbons (Fsp3) is 0.571. The van der Waals surface area contributed by atoms with Crippen molar-refractivity contribution in [2.75, 3.05) is 0 Å². The smallest absolute Gasteiger partial charge is 0.0868 e. The number of benzene rings is 1. The fourth-order valence-electron chi connectivity index (χ4n) is 1.76. The molecule has 1 N–H and O–H groups in total. The predicted octanol–water partition coefficient (Wildman–Crippen LogP) is 3.65. The van der Waals surface area contributed by atoms with Crippen LogP contribution in [-0.4, -0.2) is 5.11 Å². The topological polar surface area (TPSA) is 20.2 Å². The van der Waals surface area contributed by atoms with E-state index in [0.717, 1.165) is 31.2 Å². The third-order valence-corrected chi connectivity index (χ3v) is 3.00. The van der Waals surface area contributed by atoms with E-state index in [1.165, 1.54) is 5.56 Å². The fourth-order valence-corrected chi connectivity index (χ4v) is 1.76. The summed E-state index contributed by atoms with van der Waals surface area (Å²) in [4.78, 5) is 0. The van der Waals surface area contributed by atoms with Gasteiger partial charge in [0.25, 0.3) is 0 Å². The largest absolute Gasteiger partial charge is 0.385 e. The van der Waals surface area contributed by atoms with E-state index < -0.39 is 5.60 Å². The first-order valence-corrected chi connectivity index (χ1v) is 5.92. The number of aryl methyl sites for hydroxylation is 1. The molecule has 1 rings (SSSR count). The van der Waals surface area contributed by atoms with Gasteiger partial charge in [0.1, 0.15) is 0 Å². The number of unbranched alkanes of at least 4 members (excludes halogenated alkanes) is 1. The van der Waals surface area contributed by atoms with Gasteiger partial charge < -0.3 is 5.11 Å². The van der Waals surface area contributed by atoms with Crippen LogP contribution in [0.2, 0.25) is 0 Å². The molecule has 1 atom stereocenters. The molecule has 1 aromatic rings. The Morgan fingerprint density at radius 1 is 1.13 bits per heavy atom. The summed E-state index contributed by atoms with van der Waals surface area (Å²) in [5, 5.41) is 10.3. The van der Waals surface area contributed by atoms with Crippen molar-refractivity contribution >= 4 is 0 Å². The highest BCUT2D eigenvalue weighted by atomic mass is 16.3. The second-order valence-corrected chi connectivity index (χ2v) is 4.43. The van der Waals surface area contributed by atoms with Crippen LogP contribution in [0.3, 0.4) is 0 Å². The Hall–Kier alpha value is -0.820. The van der Waals surface area contributed by atoms with Gasteiger partial charge in [-0.25, -0.2) is 0 Å². The molecule has 1 aromatic carbocycles. The summed E-state index contributed by atoms with van der Waals surface area (Å²) in [6.07, 6.45) is 4.10. The van der Waals surface area contributed by atoms with E-state index in [0.29, 0.717) is 0 Å². The van der Waals surface area contributed by atoms with Crippen LogP contribution in [0.1, 0.15) is 51.2 Å².